The van der Waals surface area contributed by atoms with E-state index in [1.807, 2.05) is 24.3 Å². The second kappa shape index (κ2) is 6.13. The molecular formula is C19H21NO. The van der Waals surface area contributed by atoms with Crippen molar-refractivity contribution in [2.24, 2.45) is 0 Å². The molecule has 0 aliphatic carbocycles. The molecule has 0 aromatic heterocycles. The van der Waals surface area contributed by atoms with Crippen LogP contribution in [0.25, 0.3) is 0 Å². The van der Waals surface area contributed by atoms with Crippen LogP contribution in [0, 0.1) is 0 Å². The Kier molecular flexibility index (Phi) is 4.05. The van der Waals surface area contributed by atoms with Crippen LogP contribution in [0.15, 0.2) is 54.6 Å². The summed E-state index contributed by atoms with van der Waals surface area (Å²) >= 11 is 0. The Balaban J connectivity index is 2.03. The maximum Gasteiger partial charge on any atom is 0.159 e. The third kappa shape index (κ3) is 2.71. The Bertz CT molecular complexity index is 620. The molecule has 0 saturated carbocycles. The number of rotatable bonds is 4. The minimum Gasteiger partial charge on any atom is -0.357 e. The van der Waals surface area contributed by atoms with Crippen molar-refractivity contribution in [1.82, 2.24) is 0 Å². The highest BCUT2D eigenvalue weighted by Crippen LogP contribution is 2.35. The van der Waals surface area contributed by atoms with E-state index in [4.69, 9.17) is 0 Å². The Morgan fingerprint density at radius 2 is 1.81 bits per heavy atom. The van der Waals surface area contributed by atoms with E-state index in [9.17, 15) is 4.79 Å². The molecule has 0 saturated heterocycles. The lowest BCUT2D eigenvalue weighted by Gasteiger charge is -2.38. The number of fused-ring (bicyclic) bond motifs is 1. The van der Waals surface area contributed by atoms with E-state index in [1.54, 1.807) is 0 Å². The summed E-state index contributed by atoms with van der Waals surface area (Å²) in [7, 11) is 0. The lowest BCUT2D eigenvalue weighted by molar-refractivity contribution is -0.120. The molecule has 0 amide bonds. The van der Waals surface area contributed by atoms with Gasteiger partial charge in [-0.25, -0.2) is 0 Å². The van der Waals surface area contributed by atoms with Gasteiger partial charge in [0, 0.05) is 18.7 Å². The summed E-state index contributed by atoms with van der Waals surface area (Å²) in [5.74, 6) is 0.327. The van der Waals surface area contributed by atoms with Gasteiger partial charge in [-0.3, -0.25) is 4.79 Å². The summed E-state index contributed by atoms with van der Waals surface area (Å²) in [6.45, 7) is 2.97. The number of carbonyl (C=O) groups is 1. The summed E-state index contributed by atoms with van der Waals surface area (Å²) in [6.07, 6.45) is 2.55. The lowest BCUT2D eigenvalue weighted by Crippen LogP contribution is -2.39. The molecule has 2 aromatic carbocycles. The Morgan fingerprint density at radius 1 is 1.10 bits per heavy atom. The SMILES string of the molecule is CCCC(=O)[C@@H]1c2ccccc2CCN1c1ccccc1. The molecule has 3 rings (SSSR count). The summed E-state index contributed by atoms with van der Waals surface area (Å²) in [5, 5.41) is 0. The first-order valence-electron chi connectivity index (χ1n) is 7.73. The summed E-state index contributed by atoms with van der Waals surface area (Å²) in [6, 6.07) is 18.5. The minimum absolute atomic E-state index is 0.128. The molecule has 2 heteroatoms. The van der Waals surface area contributed by atoms with E-state index in [0.717, 1.165) is 25.1 Å². The number of ketones is 1. The van der Waals surface area contributed by atoms with Crippen molar-refractivity contribution in [2.75, 3.05) is 11.4 Å². The van der Waals surface area contributed by atoms with Gasteiger partial charge in [-0.2, -0.15) is 0 Å². The highest BCUT2D eigenvalue weighted by molar-refractivity contribution is 5.89. The fraction of sp³-hybridized carbons (Fsp3) is 0.316. The van der Waals surface area contributed by atoms with E-state index < -0.39 is 0 Å². The van der Waals surface area contributed by atoms with Crippen molar-refractivity contribution >= 4 is 11.5 Å². The zero-order valence-electron chi connectivity index (χ0n) is 12.5. The van der Waals surface area contributed by atoms with Crippen LogP contribution in [0.4, 0.5) is 5.69 Å². The van der Waals surface area contributed by atoms with Crippen LogP contribution in [-0.2, 0) is 11.2 Å². The quantitative estimate of drug-likeness (QED) is 0.837. The van der Waals surface area contributed by atoms with E-state index in [0.29, 0.717) is 12.2 Å². The van der Waals surface area contributed by atoms with Gasteiger partial charge in [-0.05, 0) is 36.1 Å². The van der Waals surface area contributed by atoms with Crippen molar-refractivity contribution < 1.29 is 4.79 Å². The lowest BCUT2D eigenvalue weighted by atomic mass is 9.88. The van der Waals surface area contributed by atoms with Gasteiger partial charge in [0.05, 0.1) is 0 Å². The topological polar surface area (TPSA) is 20.3 Å². The highest BCUT2D eigenvalue weighted by Gasteiger charge is 2.32. The smallest absolute Gasteiger partial charge is 0.159 e. The number of para-hydroxylation sites is 1. The maximum atomic E-state index is 12.7. The first-order chi connectivity index (χ1) is 10.3. The molecule has 1 heterocycles. The van der Waals surface area contributed by atoms with Crippen LogP contribution in [0.1, 0.15) is 36.9 Å². The first kappa shape index (κ1) is 13.9. The molecule has 21 heavy (non-hydrogen) atoms. The molecule has 0 fully saturated rings. The normalized spacial score (nSPS) is 17.4. The van der Waals surface area contributed by atoms with Crippen LogP contribution < -0.4 is 4.90 Å². The zero-order valence-corrected chi connectivity index (χ0v) is 12.5. The minimum atomic E-state index is -0.128. The Morgan fingerprint density at radius 3 is 2.57 bits per heavy atom. The third-order valence-electron chi connectivity index (χ3n) is 4.17. The fourth-order valence-electron chi connectivity index (χ4n) is 3.19. The van der Waals surface area contributed by atoms with Crippen LogP contribution in [0.2, 0.25) is 0 Å². The van der Waals surface area contributed by atoms with Gasteiger partial charge < -0.3 is 4.90 Å². The number of hydrogen-bond acceptors (Lipinski definition) is 2. The van der Waals surface area contributed by atoms with Crippen LogP contribution in [0.3, 0.4) is 0 Å². The predicted octanol–water partition coefficient (Wildman–Crippen LogP) is 4.16. The summed E-state index contributed by atoms with van der Waals surface area (Å²) in [4.78, 5) is 15.0. The standard InChI is InChI=1S/C19H21NO/c1-2-8-18(21)19-17-12-7-6-9-15(17)13-14-20(19)16-10-4-3-5-11-16/h3-7,9-12,19H,2,8,13-14H2,1H3/t19-/m0/s1. The molecule has 0 radical (unpaired) electrons. The van der Waals surface area contributed by atoms with Crippen LogP contribution in [-0.4, -0.2) is 12.3 Å². The molecular weight excluding hydrogens is 258 g/mol. The summed E-state index contributed by atoms with van der Waals surface area (Å²) < 4.78 is 0. The molecule has 1 aliphatic heterocycles. The molecule has 1 aliphatic rings. The van der Waals surface area contributed by atoms with Crippen LogP contribution in [0.5, 0.6) is 0 Å². The third-order valence-corrected chi connectivity index (χ3v) is 4.17. The van der Waals surface area contributed by atoms with Crippen molar-refractivity contribution in [2.45, 2.75) is 32.2 Å². The number of benzene rings is 2. The van der Waals surface area contributed by atoms with Gasteiger partial charge >= 0.3 is 0 Å². The van der Waals surface area contributed by atoms with E-state index >= 15 is 0 Å². The number of nitrogens with zero attached hydrogens (tertiary/aromatic N) is 1. The number of hydrogen-bond donors (Lipinski definition) is 0. The number of Topliss-reactive ketones (excluding diaryl/α,β-unsaturated/α-hetero) is 1. The fourth-order valence-corrected chi connectivity index (χ4v) is 3.19. The maximum absolute atomic E-state index is 12.7. The first-order valence-corrected chi connectivity index (χ1v) is 7.73. The van der Waals surface area contributed by atoms with Gasteiger partial charge in [0.1, 0.15) is 6.04 Å². The van der Waals surface area contributed by atoms with Crippen molar-refractivity contribution in [3.8, 4) is 0 Å². The van der Waals surface area contributed by atoms with Gasteiger partial charge in [-0.15, -0.1) is 0 Å². The molecule has 0 bridgehead atoms. The Hall–Kier alpha value is -2.09. The van der Waals surface area contributed by atoms with Gasteiger partial charge in [0.25, 0.3) is 0 Å². The zero-order chi connectivity index (χ0) is 14.7. The molecule has 0 unspecified atom stereocenters. The molecule has 0 N–H and O–H groups in total. The van der Waals surface area contributed by atoms with E-state index in [-0.39, 0.29) is 6.04 Å². The summed E-state index contributed by atoms with van der Waals surface area (Å²) in [5.41, 5.74) is 3.65. The Labute approximate surface area is 126 Å². The molecule has 1 atom stereocenters. The van der Waals surface area contributed by atoms with Gasteiger partial charge in [0.15, 0.2) is 5.78 Å². The second-order valence-corrected chi connectivity index (χ2v) is 5.60. The highest BCUT2D eigenvalue weighted by atomic mass is 16.1. The van der Waals surface area contributed by atoms with Crippen molar-refractivity contribution in [1.29, 1.82) is 0 Å². The average Bonchev–Trinajstić information content (AvgIpc) is 2.54. The monoisotopic (exact) mass is 279 g/mol. The average molecular weight is 279 g/mol. The van der Waals surface area contributed by atoms with E-state index in [2.05, 4.69) is 42.2 Å². The molecule has 108 valence electrons. The largest absolute Gasteiger partial charge is 0.357 e. The molecule has 2 aromatic rings. The predicted molar refractivity (Wildman–Crippen MR) is 86.6 cm³/mol. The molecule has 2 nitrogen and oxygen atoms in total. The second-order valence-electron chi connectivity index (χ2n) is 5.60. The van der Waals surface area contributed by atoms with Gasteiger partial charge in [0.2, 0.25) is 0 Å². The van der Waals surface area contributed by atoms with E-state index in [1.165, 1.54) is 11.1 Å². The van der Waals surface area contributed by atoms with Crippen LogP contribution >= 0.6 is 0 Å². The molecule has 0 spiro atoms. The van der Waals surface area contributed by atoms with Crippen molar-refractivity contribution in [3.63, 3.8) is 0 Å². The number of carbonyl (C=O) groups excluding carboxylic acids is 1. The van der Waals surface area contributed by atoms with Crippen molar-refractivity contribution in [3.05, 3.63) is 65.7 Å². The number of anilines is 1. The van der Waals surface area contributed by atoms with Gasteiger partial charge in [-0.1, -0.05) is 49.4 Å².